The summed E-state index contributed by atoms with van der Waals surface area (Å²) in [6, 6.07) is 10.5. The van der Waals surface area contributed by atoms with E-state index < -0.39 is 0 Å². The minimum absolute atomic E-state index is 1.02. The molecule has 1 aromatic heterocycles. The summed E-state index contributed by atoms with van der Waals surface area (Å²) in [5.41, 5.74) is 4.94. The van der Waals surface area contributed by atoms with Crippen molar-refractivity contribution in [1.29, 1.82) is 0 Å². The SMILES string of the molecule is C/C=C(\CC)c1c(-c2ccccc2)ncn1CCCCNC. The summed E-state index contributed by atoms with van der Waals surface area (Å²) in [5, 5.41) is 3.21. The van der Waals surface area contributed by atoms with Gasteiger partial charge >= 0.3 is 0 Å². The summed E-state index contributed by atoms with van der Waals surface area (Å²) in [4.78, 5) is 4.71. The van der Waals surface area contributed by atoms with Crippen LogP contribution in [-0.2, 0) is 6.54 Å². The summed E-state index contributed by atoms with van der Waals surface area (Å²) < 4.78 is 2.32. The molecule has 0 aliphatic carbocycles. The second-order valence-corrected chi connectivity index (χ2v) is 5.48. The lowest BCUT2D eigenvalue weighted by molar-refractivity contribution is 0.587. The molecule has 2 rings (SSSR count). The molecule has 0 aliphatic rings. The number of hydrogen-bond donors (Lipinski definition) is 1. The Labute approximate surface area is 134 Å². The number of hydrogen-bond acceptors (Lipinski definition) is 2. The van der Waals surface area contributed by atoms with E-state index in [9.17, 15) is 0 Å². The molecule has 22 heavy (non-hydrogen) atoms. The number of rotatable bonds is 8. The normalized spacial score (nSPS) is 11.9. The molecule has 0 bridgehead atoms. The quantitative estimate of drug-likeness (QED) is 0.734. The summed E-state index contributed by atoms with van der Waals surface area (Å²) in [6.45, 7) is 6.42. The minimum atomic E-state index is 1.02. The number of unbranched alkanes of at least 4 members (excludes halogenated alkanes) is 1. The molecule has 0 unspecified atom stereocenters. The molecule has 0 saturated carbocycles. The Balaban J connectivity index is 2.32. The van der Waals surface area contributed by atoms with Gasteiger partial charge in [-0.05, 0) is 45.4 Å². The average Bonchev–Trinajstić information content (AvgIpc) is 2.98. The lowest BCUT2D eigenvalue weighted by Gasteiger charge is -2.12. The molecular weight excluding hydrogens is 270 g/mol. The maximum atomic E-state index is 4.71. The Morgan fingerprint density at radius 3 is 2.64 bits per heavy atom. The maximum absolute atomic E-state index is 4.71. The molecule has 0 amide bonds. The van der Waals surface area contributed by atoms with Crippen LogP contribution in [0.1, 0.15) is 38.8 Å². The lowest BCUT2D eigenvalue weighted by atomic mass is 10.0. The molecule has 0 atom stereocenters. The van der Waals surface area contributed by atoms with Crippen LogP contribution < -0.4 is 5.32 Å². The number of aromatic nitrogens is 2. The van der Waals surface area contributed by atoms with Crippen molar-refractivity contribution < 1.29 is 0 Å². The highest BCUT2D eigenvalue weighted by atomic mass is 15.1. The van der Waals surface area contributed by atoms with Gasteiger partial charge in [0.05, 0.1) is 17.7 Å². The number of nitrogens with one attached hydrogen (secondary N) is 1. The molecule has 2 aromatic rings. The Morgan fingerprint density at radius 2 is 2.00 bits per heavy atom. The van der Waals surface area contributed by atoms with Gasteiger partial charge in [-0.1, -0.05) is 43.3 Å². The summed E-state index contributed by atoms with van der Waals surface area (Å²) in [7, 11) is 2.01. The molecule has 0 fully saturated rings. The van der Waals surface area contributed by atoms with E-state index in [2.05, 4.69) is 54.1 Å². The molecule has 0 saturated heterocycles. The number of imidazole rings is 1. The standard InChI is InChI=1S/C19H27N3/c1-4-16(5-2)19-18(17-11-7-6-8-12-17)21-15-22(19)14-10-9-13-20-3/h4,6-8,11-12,15,20H,5,9-10,13-14H2,1-3H3/b16-4+. The van der Waals surface area contributed by atoms with Gasteiger partial charge in [0, 0.05) is 12.1 Å². The van der Waals surface area contributed by atoms with Gasteiger partial charge in [-0.2, -0.15) is 0 Å². The molecular formula is C19H27N3. The van der Waals surface area contributed by atoms with E-state index >= 15 is 0 Å². The number of aryl methyl sites for hydroxylation is 1. The van der Waals surface area contributed by atoms with Crippen LogP contribution in [0.5, 0.6) is 0 Å². The van der Waals surface area contributed by atoms with E-state index in [-0.39, 0.29) is 0 Å². The fraction of sp³-hybridized carbons (Fsp3) is 0.421. The van der Waals surface area contributed by atoms with Gasteiger partial charge < -0.3 is 9.88 Å². The first-order valence-corrected chi connectivity index (χ1v) is 8.22. The van der Waals surface area contributed by atoms with Crippen molar-refractivity contribution in [3.8, 4) is 11.3 Å². The summed E-state index contributed by atoms with van der Waals surface area (Å²) in [5.74, 6) is 0. The Morgan fingerprint density at radius 1 is 1.23 bits per heavy atom. The smallest absolute Gasteiger partial charge is 0.0959 e. The fourth-order valence-electron chi connectivity index (χ4n) is 2.79. The number of allylic oxidation sites excluding steroid dienone is 2. The second kappa shape index (κ2) is 8.54. The van der Waals surface area contributed by atoms with Crippen molar-refractivity contribution in [2.75, 3.05) is 13.6 Å². The third-order valence-electron chi connectivity index (χ3n) is 3.99. The Hall–Kier alpha value is -1.87. The molecule has 0 aliphatic heterocycles. The van der Waals surface area contributed by atoms with Crippen molar-refractivity contribution in [3.05, 3.63) is 48.4 Å². The van der Waals surface area contributed by atoms with Crippen LogP contribution in [0.3, 0.4) is 0 Å². The number of benzene rings is 1. The highest BCUT2D eigenvalue weighted by Crippen LogP contribution is 2.29. The zero-order chi connectivity index (χ0) is 15.8. The van der Waals surface area contributed by atoms with Crippen LogP contribution in [0, 0.1) is 0 Å². The Bertz CT molecular complexity index is 596. The third kappa shape index (κ3) is 3.86. The van der Waals surface area contributed by atoms with Crippen LogP contribution in [0.25, 0.3) is 16.8 Å². The first-order chi connectivity index (χ1) is 10.8. The average molecular weight is 297 g/mol. The topological polar surface area (TPSA) is 29.9 Å². The van der Waals surface area contributed by atoms with Gasteiger partial charge in [0.1, 0.15) is 0 Å². The fourth-order valence-corrected chi connectivity index (χ4v) is 2.79. The zero-order valence-corrected chi connectivity index (χ0v) is 14.0. The molecule has 3 heteroatoms. The van der Waals surface area contributed by atoms with Crippen LogP contribution in [0.15, 0.2) is 42.7 Å². The Kier molecular flexibility index (Phi) is 6.41. The second-order valence-electron chi connectivity index (χ2n) is 5.48. The molecule has 0 spiro atoms. The van der Waals surface area contributed by atoms with Gasteiger partial charge in [-0.25, -0.2) is 4.98 Å². The van der Waals surface area contributed by atoms with E-state index in [0.29, 0.717) is 0 Å². The van der Waals surface area contributed by atoms with Gasteiger partial charge in [0.15, 0.2) is 0 Å². The van der Waals surface area contributed by atoms with Crippen LogP contribution in [-0.4, -0.2) is 23.1 Å². The minimum Gasteiger partial charge on any atom is -0.330 e. The predicted molar refractivity (Wildman–Crippen MR) is 94.8 cm³/mol. The molecule has 1 aromatic carbocycles. The first kappa shape index (κ1) is 16.5. The molecule has 1 heterocycles. The van der Waals surface area contributed by atoms with Crippen LogP contribution in [0.4, 0.5) is 0 Å². The van der Waals surface area contributed by atoms with Gasteiger partial charge in [0.2, 0.25) is 0 Å². The molecule has 0 radical (unpaired) electrons. The van der Waals surface area contributed by atoms with E-state index in [1.54, 1.807) is 0 Å². The van der Waals surface area contributed by atoms with Gasteiger partial charge in [-0.15, -0.1) is 0 Å². The maximum Gasteiger partial charge on any atom is 0.0959 e. The van der Waals surface area contributed by atoms with E-state index in [1.165, 1.54) is 29.7 Å². The van der Waals surface area contributed by atoms with Crippen molar-refractivity contribution in [2.24, 2.45) is 0 Å². The van der Waals surface area contributed by atoms with E-state index in [4.69, 9.17) is 4.98 Å². The van der Waals surface area contributed by atoms with Crippen molar-refractivity contribution in [3.63, 3.8) is 0 Å². The van der Waals surface area contributed by atoms with Gasteiger partial charge in [-0.3, -0.25) is 0 Å². The van der Waals surface area contributed by atoms with Crippen molar-refractivity contribution in [1.82, 2.24) is 14.9 Å². The van der Waals surface area contributed by atoms with Crippen molar-refractivity contribution >= 4 is 5.57 Å². The van der Waals surface area contributed by atoms with E-state index in [0.717, 1.165) is 25.2 Å². The predicted octanol–water partition coefficient (Wildman–Crippen LogP) is 4.36. The third-order valence-corrected chi connectivity index (χ3v) is 3.99. The molecule has 1 N–H and O–H groups in total. The van der Waals surface area contributed by atoms with Crippen molar-refractivity contribution in [2.45, 2.75) is 39.7 Å². The zero-order valence-electron chi connectivity index (χ0n) is 14.0. The highest BCUT2D eigenvalue weighted by molar-refractivity contribution is 5.77. The van der Waals surface area contributed by atoms with Crippen LogP contribution >= 0.6 is 0 Å². The first-order valence-electron chi connectivity index (χ1n) is 8.22. The van der Waals surface area contributed by atoms with E-state index in [1.807, 2.05) is 19.4 Å². The summed E-state index contributed by atoms with van der Waals surface area (Å²) >= 11 is 0. The molecule has 118 valence electrons. The largest absolute Gasteiger partial charge is 0.330 e. The molecule has 3 nitrogen and oxygen atoms in total. The van der Waals surface area contributed by atoms with Crippen LogP contribution in [0.2, 0.25) is 0 Å². The number of nitrogens with zero attached hydrogens (tertiary/aromatic N) is 2. The van der Waals surface area contributed by atoms with Gasteiger partial charge in [0.25, 0.3) is 0 Å². The highest BCUT2D eigenvalue weighted by Gasteiger charge is 2.15. The summed E-state index contributed by atoms with van der Waals surface area (Å²) in [6.07, 6.45) is 7.59. The lowest BCUT2D eigenvalue weighted by Crippen LogP contribution is -2.09. The monoisotopic (exact) mass is 297 g/mol.